The number of rotatable bonds is 8. The fourth-order valence-electron chi connectivity index (χ4n) is 3.85. The predicted octanol–water partition coefficient (Wildman–Crippen LogP) is 7.92. The second-order valence-electron chi connectivity index (χ2n) is 8.14. The van der Waals surface area contributed by atoms with Crippen LogP contribution >= 0.6 is 0 Å². The van der Waals surface area contributed by atoms with E-state index in [2.05, 4.69) is 0 Å². The summed E-state index contributed by atoms with van der Waals surface area (Å²) in [4.78, 5) is 0. The van der Waals surface area contributed by atoms with Gasteiger partial charge in [0.25, 0.3) is 0 Å². The summed E-state index contributed by atoms with van der Waals surface area (Å²) in [7, 11) is 0. The summed E-state index contributed by atoms with van der Waals surface area (Å²) >= 11 is 0. The van der Waals surface area contributed by atoms with Crippen LogP contribution in [0.1, 0.15) is 46.7 Å². The number of halogens is 8. The third kappa shape index (κ3) is 6.15. The molecule has 34 heavy (non-hydrogen) atoms. The molecule has 3 aromatic rings. The van der Waals surface area contributed by atoms with Crippen LogP contribution in [0.15, 0.2) is 42.5 Å². The van der Waals surface area contributed by atoms with Crippen molar-refractivity contribution in [3.8, 4) is 0 Å². The van der Waals surface area contributed by atoms with Gasteiger partial charge in [0.05, 0.1) is 5.56 Å². The van der Waals surface area contributed by atoms with E-state index in [1.807, 2.05) is 6.92 Å². The molecule has 0 spiro atoms. The zero-order chi connectivity index (χ0) is 25.0. The van der Waals surface area contributed by atoms with Crippen LogP contribution in [0.3, 0.4) is 0 Å². The molecule has 0 aromatic heterocycles. The predicted molar refractivity (Wildman–Crippen MR) is 113 cm³/mol. The molecule has 0 heterocycles. The Hall–Kier alpha value is -2.90. The summed E-state index contributed by atoms with van der Waals surface area (Å²) in [5.41, 5.74) is -0.970. The molecule has 0 aliphatic rings. The van der Waals surface area contributed by atoms with E-state index in [0.717, 1.165) is 24.6 Å². The van der Waals surface area contributed by atoms with Crippen LogP contribution in [-0.2, 0) is 38.3 Å². The van der Waals surface area contributed by atoms with Crippen molar-refractivity contribution in [1.82, 2.24) is 0 Å². The molecule has 0 N–H and O–H groups in total. The van der Waals surface area contributed by atoms with Crippen LogP contribution in [-0.4, -0.2) is 0 Å². The van der Waals surface area contributed by atoms with Gasteiger partial charge in [-0.05, 0) is 85.2 Å². The van der Waals surface area contributed by atoms with Gasteiger partial charge in [-0.25, -0.2) is 22.0 Å². The molecule has 8 heteroatoms. The van der Waals surface area contributed by atoms with Crippen molar-refractivity contribution in [2.24, 2.45) is 0 Å². The lowest BCUT2D eigenvalue weighted by Gasteiger charge is -2.11. The molecule has 0 unspecified atom stereocenters. The van der Waals surface area contributed by atoms with Gasteiger partial charge in [-0.3, -0.25) is 0 Å². The molecule has 0 amide bonds. The molecule has 182 valence electrons. The molecular formula is C26H22F8. The van der Waals surface area contributed by atoms with E-state index in [1.165, 1.54) is 12.1 Å². The largest absolute Gasteiger partial charge is 0.419 e. The van der Waals surface area contributed by atoms with E-state index in [-0.39, 0.29) is 47.9 Å². The van der Waals surface area contributed by atoms with Crippen LogP contribution in [0.25, 0.3) is 0 Å². The normalized spacial score (nSPS) is 11.8. The maximum Gasteiger partial charge on any atom is 0.419 e. The van der Waals surface area contributed by atoms with Crippen LogP contribution in [0.4, 0.5) is 35.1 Å². The number of hydrogen-bond acceptors (Lipinski definition) is 0. The van der Waals surface area contributed by atoms with Gasteiger partial charge >= 0.3 is 6.18 Å². The van der Waals surface area contributed by atoms with E-state index in [0.29, 0.717) is 24.1 Å². The van der Waals surface area contributed by atoms with Gasteiger partial charge in [-0.2, -0.15) is 13.2 Å². The molecule has 0 saturated carbocycles. The summed E-state index contributed by atoms with van der Waals surface area (Å²) < 4.78 is 109. The minimum absolute atomic E-state index is 0.000794. The van der Waals surface area contributed by atoms with Crippen molar-refractivity contribution in [1.29, 1.82) is 0 Å². The van der Waals surface area contributed by atoms with E-state index in [1.54, 1.807) is 0 Å². The van der Waals surface area contributed by atoms with Gasteiger partial charge in [0.2, 0.25) is 0 Å². The van der Waals surface area contributed by atoms with Gasteiger partial charge in [0.1, 0.15) is 29.1 Å². The summed E-state index contributed by atoms with van der Waals surface area (Å²) in [6, 6.07) is 6.99. The topological polar surface area (TPSA) is 0 Å². The number of hydrogen-bond donors (Lipinski definition) is 0. The minimum Gasteiger partial charge on any atom is -0.207 e. The fourth-order valence-corrected chi connectivity index (χ4v) is 3.85. The van der Waals surface area contributed by atoms with Crippen molar-refractivity contribution < 1.29 is 35.1 Å². The average Bonchev–Trinajstić information content (AvgIpc) is 2.72. The van der Waals surface area contributed by atoms with E-state index < -0.39 is 40.8 Å². The summed E-state index contributed by atoms with van der Waals surface area (Å²) in [6.07, 6.45) is -3.94. The van der Waals surface area contributed by atoms with Crippen LogP contribution in [0.2, 0.25) is 0 Å². The molecular weight excluding hydrogens is 464 g/mol. The van der Waals surface area contributed by atoms with Gasteiger partial charge in [0.15, 0.2) is 0 Å². The van der Waals surface area contributed by atoms with Crippen molar-refractivity contribution in [3.63, 3.8) is 0 Å². The molecule has 3 aromatic carbocycles. The standard InChI is InChI=1S/C26H22F8/c1-2-3-16-11-21(27)19(22(28)12-16)8-5-17-13-23(29)18(24(30)14-17)7-4-15-6-9-20(25(31)10-15)26(32,33)34/h6,9-14H,2-5,7-8H2,1H3. The first-order chi connectivity index (χ1) is 16.0. The molecule has 3 rings (SSSR count). The lowest BCUT2D eigenvalue weighted by molar-refractivity contribution is -0.140. The third-order valence-corrected chi connectivity index (χ3v) is 5.61. The number of benzene rings is 3. The van der Waals surface area contributed by atoms with Gasteiger partial charge in [-0.1, -0.05) is 19.4 Å². The average molecular weight is 486 g/mol. The molecule has 0 saturated heterocycles. The van der Waals surface area contributed by atoms with Gasteiger partial charge < -0.3 is 0 Å². The highest BCUT2D eigenvalue weighted by Crippen LogP contribution is 2.32. The second kappa shape index (κ2) is 10.6. The third-order valence-electron chi connectivity index (χ3n) is 5.61. The highest BCUT2D eigenvalue weighted by atomic mass is 19.4. The van der Waals surface area contributed by atoms with E-state index >= 15 is 0 Å². The van der Waals surface area contributed by atoms with Crippen LogP contribution < -0.4 is 0 Å². The minimum atomic E-state index is -4.83. The highest BCUT2D eigenvalue weighted by molar-refractivity contribution is 5.32. The molecule has 0 atom stereocenters. The van der Waals surface area contributed by atoms with Crippen molar-refractivity contribution in [2.75, 3.05) is 0 Å². The van der Waals surface area contributed by atoms with Crippen LogP contribution in [0.5, 0.6) is 0 Å². The zero-order valence-corrected chi connectivity index (χ0v) is 18.3. The Morgan fingerprint density at radius 3 is 1.35 bits per heavy atom. The lowest BCUT2D eigenvalue weighted by Crippen LogP contribution is -2.09. The van der Waals surface area contributed by atoms with Gasteiger partial charge in [-0.15, -0.1) is 0 Å². The van der Waals surface area contributed by atoms with E-state index in [4.69, 9.17) is 0 Å². The Morgan fingerprint density at radius 1 is 0.529 bits per heavy atom. The lowest BCUT2D eigenvalue weighted by atomic mass is 9.97. The quantitative estimate of drug-likeness (QED) is 0.284. The smallest absolute Gasteiger partial charge is 0.207 e. The number of aryl methyl sites for hydroxylation is 3. The van der Waals surface area contributed by atoms with Gasteiger partial charge in [0, 0.05) is 11.1 Å². The summed E-state index contributed by atoms with van der Waals surface area (Å²) in [5.74, 6) is -4.64. The molecule has 0 bridgehead atoms. The summed E-state index contributed by atoms with van der Waals surface area (Å²) in [5, 5.41) is 0. The fraction of sp³-hybridized carbons (Fsp3) is 0.308. The molecule has 0 aliphatic carbocycles. The Balaban J connectivity index is 1.69. The SMILES string of the molecule is CCCc1cc(F)c(CCc2cc(F)c(CCc3ccc(C(F)(F)F)c(F)c3)c(F)c2)c(F)c1. The Labute approximate surface area is 192 Å². The highest BCUT2D eigenvalue weighted by Gasteiger charge is 2.33. The molecule has 0 nitrogen and oxygen atoms in total. The first-order valence-electron chi connectivity index (χ1n) is 10.8. The van der Waals surface area contributed by atoms with Crippen molar-refractivity contribution in [3.05, 3.63) is 105 Å². The van der Waals surface area contributed by atoms with Crippen LogP contribution in [0, 0.1) is 29.1 Å². The number of alkyl halides is 3. The van der Waals surface area contributed by atoms with Crippen molar-refractivity contribution >= 4 is 0 Å². The second-order valence-corrected chi connectivity index (χ2v) is 8.14. The Kier molecular flexibility index (Phi) is 8.00. The maximum absolute atomic E-state index is 14.5. The Morgan fingerprint density at radius 2 is 0.941 bits per heavy atom. The summed E-state index contributed by atoms with van der Waals surface area (Å²) in [6.45, 7) is 1.89. The first-order valence-corrected chi connectivity index (χ1v) is 10.8. The van der Waals surface area contributed by atoms with E-state index in [9.17, 15) is 35.1 Å². The first kappa shape index (κ1) is 25.7. The van der Waals surface area contributed by atoms with Crippen molar-refractivity contribution in [2.45, 2.75) is 51.6 Å². The maximum atomic E-state index is 14.5. The molecule has 0 fully saturated rings. The molecule has 0 radical (unpaired) electrons. The Bertz CT molecular complexity index is 1120. The monoisotopic (exact) mass is 486 g/mol. The zero-order valence-electron chi connectivity index (χ0n) is 18.3. The molecule has 0 aliphatic heterocycles.